The number of aryl methyl sites for hydroxylation is 1. The van der Waals surface area contributed by atoms with Crippen LogP contribution in [0.4, 0.5) is 11.5 Å². The normalized spacial score (nSPS) is 12.5. The molecule has 0 fully saturated rings. The molecule has 5 nitrogen and oxygen atoms in total. The lowest BCUT2D eigenvalue weighted by Gasteiger charge is -2.09. The minimum absolute atomic E-state index is 0.573. The molecule has 0 bridgehead atoms. The lowest BCUT2D eigenvalue weighted by molar-refractivity contribution is 0.687. The molecule has 2 aromatic rings. The van der Waals surface area contributed by atoms with Crippen molar-refractivity contribution in [2.75, 3.05) is 11.9 Å². The maximum absolute atomic E-state index is 6.08. The lowest BCUT2D eigenvalue weighted by Crippen LogP contribution is -2.09. The first-order chi connectivity index (χ1) is 12.5. The molecular formula is C21H29N5. The van der Waals surface area contributed by atoms with Gasteiger partial charge < -0.3 is 11.1 Å². The van der Waals surface area contributed by atoms with Gasteiger partial charge in [0.15, 0.2) is 0 Å². The van der Waals surface area contributed by atoms with Gasteiger partial charge in [0.2, 0.25) is 0 Å². The number of nitrogens with two attached hydrogens (primary N) is 1. The predicted octanol–water partition coefficient (Wildman–Crippen LogP) is 4.59. The predicted molar refractivity (Wildman–Crippen MR) is 111 cm³/mol. The SMILES string of the molecule is CCCc1cc(N=CC(=C(C)N)c2ccc(NCC(C)C)nc2)ccn1. The summed E-state index contributed by atoms with van der Waals surface area (Å²) < 4.78 is 0. The summed E-state index contributed by atoms with van der Waals surface area (Å²) in [6, 6.07) is 7.90. The second-order valence-electron chi connectivity index (χ2n) is 6.82. The van der Waals surface area contributed by atoms with E-state index in [1.165, 1.54) is 0 Å². The molecule has 0 aromatic carbocycles. The number of pyridine rings is 2. The van der Waals surface area contributed by atoms with E-state index in [1.54, 1.807) is 12.4 Å². The Balaban J connectivity index is 2.16. The van der Waals surface area contributed by atoms with Gasteiger partial charge in [0.1, 0.15) is 5.82 Å². The van der Waals surface area contributed by atoms with Crippen molar-refractivity contribution in [3.05, 3.63) is 53.6 Å². The first-order valence-electron chi connectivity index (χ1n) is 9.15. The molecule has 0 spiro atoms. The quantitative estimate of drug-likeness (QED) is 0.682. The van der Waals surface area contributed by atoms with E-state index in [0.29, 0.717) is 11.6 Å². The first-order valence-corrected chi connectivity index (χ1v) is 9.15. The van der Waals surface area contributed by atoms with Gasteiger partial charge >= 0.3 is 0 Å². The molecule has 0 atom stereocenters. The molecule has 0 aliphatic rings. The number of aliphatic imine (C=N–C) groups is 1. The van der Waals surface area contributed by atoms with Crippen molar-refractivity contribution in [2.45, 2.75) is 40.5 Å². The molecule has 0 aliphatic carbocycles. The highest BCUT2D eigenvalue weighted by atomic mass is 15.0. The first kappa shape index (κ1) is 19.6. The van der Waals surface area contributed by atoms with E-state index in [9.17, 15) is 0 Å². The van der Waals surface area contributed by atoms with Crippen LogP contribution in [0.2, 0.25) is 0 Å². The molecule has 0 amide bonds. The molecule has 2 rings (SSSR count). The molecule has 2 heterocycles. The van der Waals surface area contributed by atoms with Crippen LogP contribution in [0.1, 0.15) is 45.4 Å². The van der Waals surface area contributed by atoms with Crippen molar-refractivity contribution < 1.29 is 0 Å². The molecule has 3 N–H and O–H groups in total. The van der Waals surface area contributed by atoms with Crippen molar-refractivity contribution in [1.82, 2.24) is 9.97 Å². The zero-order valence-electron chi connectivity index (χ0n) is 16.2. The van der Waals surface area contributed by atoms with Crippen LogP contribution < -0.4 is 11.1 Å². The van der Waals surface area contributed by atoms with Gasteiger partial charge in [-0.2, -0.15) is 0 Å². The minimum atomic E-state index is 0.573. The minimum Gasteiger partial charge on any atom is -0.402 e. The lowest BCUT2D eigenvalue weighted by atomic mass is 10.1. The van der Waals surface area contributed by atoms with E-state index in [1.807, 2.05) is 37.4 Å². The van der Waals surface area contributed by atoms with Gasteiger partial charge in [0.25, 0.3) is 0 Å². The third-order valence-corrected chi connectivity index (χ3v) is 3.84. The summed E-state index contributed by atoms with van der Waals surface area (Å²) in [4.78, 5) is 13.4. The Morgan fingerprint density at radius 3 is 2.69 bits per heavy atom. The highest BCUT2D eigenvalue weighted by molar-refractivity contribution is 6.11. The summed E-state index contributed by atoms with van der Waals surface area (Å²) in [5.41, 5.74) is 10.6. The van der Waals surface area contributed by atoms with Gasteiger partial charge in [0.05, 0.1) is 5.69 Å². The fourth-order valence-electron chi connectivity index (χ4n) is 2.45. The van der Waals surface area contributed by atoms with E-state index in [-0.39, 0.29) is 0 Å². The maximum atomic E-state index is 6.08. The maximum Gasteiger partial charge on any atom is 0.125 e. The average Bonchev–Trinajstić information content (AvgIpc) is 2.61. The van der Waals surface area contributed by atoms with Gasteiger partial charge in [-0.25, -0.2) is 4.98 Å². The molecule has 0 saturated carbocycles. The molecular weight excluding hydrogens is 322 g/mol. The van der Waals surface area contributed by atoms with Crippen LogP contribution in [0.3, 0.4) is 0 Å². The second-order valence-corrected chi connectivity index (χ2v) is 6.82. The van der Waals surface area contributed by atoms with E-state index in [4.69, 9.17) is 5.73 Å². The number of nitrogens with zero attached hydrogens (tertiary/aromatic N) is 3. The molecule has 0 saturated heterocycles. The Morgan fingerprint density at radius 2 is 2.08 bits per heavy atom. The van der Waals surface area contributed by atoms with E-state index in [2.05, 4.69) is 41.0 Å². The number of allylic oxidation sites excluding steroid dienone is 2. The summed E-state index contributed by atoms with van der Waals surface area (Å²) in [6.07, 6.45) is 7.45. The third-order valence-electron chi connectivity index (χ3n) is 3.84. The van der Waals surface area contributed by atoms with Gasteiger partial charge in [-0.3, -0.25) is 9.98 Å². The topological polar surface area (TPSA) is 76.2 Å². The fraction of sp³-hybridized carbons (Fsp3) is 0.381. The summed E-state index contributed by atoms with van der Waals surface area (Å²) >= 11 is 0. The Labute approximate surface area is 156 Å². The smallest absolute Gasteiger partial charge is 0.125 e. The van der Waals surface area contributed by atoms with Crippen molar-refractivity contribution in [1.29, 1.82) is 0 Å². The number of hydrogen-bond donors (Lipinski definition) is 2. The van der Waals surface area contributed by atoms with Gasteiger partial charge in [-0.15, -0.1) is 0 Å². The van der Waals surface area contributed by atoms with Crippen molar-refractivity contribution in [2.24, 2.45) is 16.6 Å². The third kappa shape index (κ3) is 5.99. The standard InChI is InChI=1S/C21H29N5/c1-5-6-18-11-19(9-10-23-18)24-14-20(16(4)22)17-7-8-21(26-13-17)25-12-15(2)3/h7-11,13-15H,5-6,12,22H2,1-4H3,(H,25,26). The van der Waals surface area contributed by atoms with Crippen LogP contribution in [-0.2, 0) is 6.42 Å². The Bertz CT molecular complexity index is 756. The molecule has 138 valence electrons. The summed E-state index contributed by atoms with van der Waals surface area (Å²) in [7, 11) is 0. The number of anilines is 1. The zero-order chi connectivity index (χ0) is 18.9. The number of nitrogens with one attached hydrogen (secondary N) is 1. The molecule has 2 aromatic heterocycles. The molecule has 0 aliphatic heterocycles. The molecule has 0 radical (unpaired) electrons. The van der Waals surface area contributed by atoms with E-state index >= 15 is 0 Å². The molecule has 0 unspecified atom stereocenters. The number of aromatic nitrogens is 2. The Morgan fingerprint density at radius 1 is 1.27 bits per heavy atom. The van der Waals surface area contributed by atoms with Crippen LogP contribution in [0.15, 0.2) is 47.3 Å². The average molecular weight is 351 g/mol. The van der Waals surface area contributed by atoms with Crippen LogP contribution in [0, 0.1) is 5.92 Å². The van der Waals surface area contributed by atoms with Crippen molar-refractivity contribution in [3.8, 4) is 0 Å². The molecule has 26 heavy (non-hydrogen) atoms. The van der Waals surface area contributed by atoms with Crippen LogP contribution in [0.25, 0.3) is 5.57 Å². The van der Waals surface area contributed by atoms with Gasteiger partial charge in [-0.05, 0) is 43.5 Å². The largest absolute Gasteiger partial charge is 0.402 e. The van der Waals surface area contributed by atoms with Crippen LogP contribution >= 0.6 is 0 Å². The van der Waals surface area contributed by atoms with Crippen LogP contribution in [-0.4, -0.2) is 22.7 Å². The highest BCUT2D eigenvalue weighted by Gasteiger charge is 2.04. The molecule has 5 heteroatoms. The monoisotopic (exact) mass is 351 g/mol. The van der Waals surface area contributed by atoms with Crippen molar-refractivity contribution >= 4 is 23.3 Å². The van der Waals surface area contributed by atoms with Gasteiger partial charge in [0, 0.05) is 47.7 Å². The Kier molecular flexibility index (Phi) is 7.33. The zero-order valence-corrected chi connectivity index (χ0v) is 16.2. The van der Waals surface area contributed by atoms with Crippen molar-refractivity contribution in [3.63, 3.8) is 0 Å². The van der Waals surface area contributed by atoms with Crippen LogP contribution in [0.5, 0.6) is 0 Å². The Hall–Kier alpha value is -2.69. The fourth-order valence-corrected chi connectivity index (χ4v) is 2.45. The summed E-state index contributed by atoms with van der Waals surface area (Å²) in [6.45, 7) is 9.25. The highest BCUT2D eigenvalue weighted by Crippen LogP contribution is 2.19. The number of rotatable bonds is 8. The van der Waals surface area contributed by atoms with Gasteiger partial charge in [-0.1, -0.05) is 27.2 Å². The second kappa shape index (κ2) is 9.70. The van der Waals surface area contributed by atoms with E-state index < -0.39 is 0 Å². The van der Waals surface area contributed by atoms with E-state index in [0.717, 1.165) is 47.7 Å². The summed E-state index contributed by atoms with van der Waals surface area (Å²) in [5, 5.41) is 3.32. The summed E-state index contributed by atoms with van der Waals surface area (Å²) in [5.74, 6) is 1.44. The number of hydrogen-bond acceptors (Lipinski definition) is 5.